The molecule has 0 aliphatic rings. The second-order valence-electron chi connectivity index (χ2n) is 6.37. The Morgan fingerprint density at radius 3 is 2.14 bits per heavy atom. The number of carbonyl (C=O) groups is 3. The fourth-order valence-electron chi connectivity index (χ4n) is 2.36. The molecular weight excluding hydrogens is 360 g/mol. The molecule has 2 amide bonds. The van der Waals surface area contributed by atoms with Crippen LogP contribution in [-0.4, -0.2) is 48.4 Å². The average Bonchev–Trinajstić information content (AvgIpc) is 2.70. The summed E-state index contributed by atoms with van der Waals surface area (Å²) < 4.78 is 5.09. The Hall–Kier alpha value is -3.39. The predicted molar refractivity (Wildman–Crippen MR) is 101 cm³/mol. The normalized spacial score (nSPS) is 11.0. The summed E-state index contributed by atoms with van der Waals surface area (Å²) in [7, 11) is 0. The number of nitrogens with one attached hydrogen (secondary N) is 1. The molecule has 0 bridgehead atoms. The van der Waals surface area contributed by atoms with Crippen molar-refractivity contribution in [2.45, 2.75) is 32.7 Å². The van der Waals surface area contributed by atoms with Gasteiger partial charge in [0.1, 0.15) is 6.04 Å². The number of rotatable bonds is 10. The number of carbonyl (C=O) groups excluding carboxylic acids is 3. The number of nitriles is 2. The highest BCUT2D eigenvalue weighted by Gasteiger charge is 2.27. The highest BCUT2D eigenvalue weighted by atomic mass is 16.5. The van der Waals surface area contributed by atoms with Crippen LogP contribution >= 0.6 is 0 Å². The molecule has 1 rings (SSSR count). The summed E-state index contributed by atoms with van der Waals surface area (Å²) in [4.78, 5) is 38.2. The molecule has 0 spiro atoms. The van der Waals surface area contributed by atoms with Crippen LogP contribution in [0.1, 0.15) is 37.0 Å². The molecule has 0 aliphatic heterocycles. The van der Waals surface area contributed by atoms with Gasteiger partial charge in [-0.3, -0.25) is 9.59 Å². The summed E-state index contributed by atoms with van der Waals surface area (Å²) in [5, 5.41) is 20.0. The predicted octanol–water partition coefficient (Wildman–Crippen LogP) is 1.64. The van der Waals surface area contributed by atoms with E-state index >= 15 is 0 Å². The van der Waals surface area contributed by atoms with Gasteiger partial charge in [0.2, 0.25) is 0 Å². The van der Waals surface area contributed by atoms with Crippen LogP contribution < -0.4 is 5.32 Å². The fraction of sp³-hybridized carbons (Fsp3) is 0.450. The van der Waals surface area contributed by atoms with Crippen molar-refractivity contribution < 1.29 is 19.1 Å². The van der Waals surface area contributed by atoms with Gasteiger partial charge in [-0.15, -0.1) is 0 Å². The molecule has 0 aromatic heterocycles. The molecule has 0 saturated carbocycles. The van der Waals surface area contributed by atoms with Crippen molar-refractivity contribution in [3.63, 3.8) is 0 Å². The topological polar surface area (TPSA) is 123 Å². The zero-order chi connectivity index (χ0) is 20.9. The molecule has 0 heterocycles. The van der Waals surface area contributed by atoms with Crippen LogP contribution in [0.15, 0.2) is 30.3 Å². The minimum absolute atomic E-state index is 0.118. The van der Waals surface area contributed by atoms with Crippen LogP contribution in [0.2, 0.25) is 0 Å². The van der Waals surface area contributed by atoms with Crippen molar-refractivity contribution in [1.29, 1.82) is 10.5 Å². The highest BCUT2D eigenvalue weighted by molar-refractivity contribution is 5.97. The molecule has 1 aromatic carbocycles. The van der Waals surface area contributed by atoms with Gasteiger partial charge in [-0.05, 0) is 18.1 Å². The van der Waals surface area contributed by atoms with E-state index in [4.69, 9.17) is 15.3 Å². The van der Waals surface area contributed by atoms with Gasteiger partial charge in [0.15, 0.2) is 6.61 Å². The van der Waals surface area contributed by atoms with Crippen LogP contribution in [0.25, 0.3) is 0 Å². The first-order valence-corrected chi connectivity index (χ1v) is 8.95. The second-order valence-corrected chi connectivity index (χ2v) is 6.37. The van der Waals surface area contributed by atoms with E-state index in [1.54, 1.807) is 44.2 Å². The van der Waals surface area contributed by atoms with E-state index in [1.807, 2.05) is 12.1 Å². The maximum absolute atomic E-state index is 12.4. The molecule has 1 unspecified atom stereocenters. The summed E-state index contributed by atoms with van der Waals surface area (Å²) in [6.07, 6.45) is 0.236. The standard InChI is InChI=1S/C20H24N4O4/c1-15(2)18(23-19(26)16-8-4-3-5-9-16)20(27)28-14-17(25)24(12-6-10-21)13-7-11-22/h3-5,8-9,15,18H,6-7,12-14H2,1-2H3,(H,23,26). The van der Waals surface area contributed by atoms with Crippen LogP contribution in [0.3, 0.4) is 0 Å². The number of hydrogen-bond acceptors (Lipinski definition) is 6. The Balaban J connectivity index is 2.67. The molecule has 8 nitrogen and oxygen atoms in total. The number of hydrogen-bond donors (Lipinski definition) is 1. The van der Waals surface area contributed by atoms with E-state index in [2.05, 4.69) is 5.32 Å². The van der Waals surface area contributed by atoms with Gasteiger partial charge in [-0.1, -0.05) is 32.0 Å². The quantitative estimate of drug-likeness (QED) is 0.612. The lowest BCUT2D eigenvalue weighted by Gasteiger charge is -2.23. The average molecular weight is 384 g/mol. The molecule has 148 valence electrons. The van der Waals surface area contributed by atoms with Crippen molar-refractivity contribution in [1.82, 2.24) is 10.2 Å². The van der Waals surface area contributed by atoms with Crippen molar-refractivity contribution in [2.24, 2.45) is 5.92 Å². The molecule has 1 N–H and O–H groups in total. The minimum Gasteiger partial charge on any atom is -0.454 e. The summed E-state index contributed by atoms with van der Waals surface area (Å²) in [5.74, 6) is -1.86. The molecule has 0 saturated heterocycles. The maximum atomic E-state index is 12.4. The third kappa shape index (κ3) is 7.46. The summed E-state index contributed by atoms with van der Waals surface area (Å²) in [5.41, 5.74) is 0.413. The van der Waals surface area contributed by atoms with Gasteiger partial charge in [0.05, 0.1) is 25.0 Å². The van der Waals surface area contributed by atoms with Gasteiger partial charge in [-0.2, -0.15) is 10.5 Å². The lowest BCUT2D eigenvalue weighted by molar-refractivity contribution is -0.154. The van der Waals surface area contributed by atoms with E-state index in [0.29, 0.717) is 5.56 Å². The molecule has 0 aliphatic carbocycles. The molecule has 8 heteroatoms. The van der Waals surface area contributed by atoms with Gasteiger partial charge < -0.3 is 15.0 Å². The molecular formula is C20H24N4O4. The van der Waals surface area contributed by atoms with Crippen LogP contribution in [0.5, 0.6) is 0 Å². The Labute approximate surface area is 164 Å². The molecule has 28 heavy (non-hydrogen) atoms. The first-order chi connectivity index (χ1) is 13.4. The van der Waals surface area contributed by atoms with Gasteiger partial charge >= 0.3 is 5.97 Å². The summed E-state index contributed by atoms with van der Waals surface area (Å²) in [6.45, 7) is 3.32. The van der Waals surface area contributed by atoms with Crippen LogP contribution in [0.4, 0.5) is 0 Å². The van der Waals surface area contributed by atoms with Gasteiger partial charge in [0.25, 0.3) is 11.8 Å². The number of ether oxygens (including phenoxy) is 1. The third-order valence-electron chi connectivity index (χ3n) is 3.92. The van der Waals surface area contributed by atoms with Crippen molar-refractivity contribution >= 4 is 17.8 Å². The largest absolute Gasteiger partial charge is 0.454 e. The monoisotopic (exact) mass is 384 g/mol. The lowest BCUT2D eigenvalue weighted by Crippen LogP contribution is -2.46. The van der Waals surface area contributed by atoms with E-state index in [9.17, 15) is 14.4 Å². The zero-order valence-corrected chi connectivity index (χ0v) is 16.1. The van der Waals surface area contributed by atoms with Crippen molar-refractivity contribution in [2.75, 3.05) is 19.7 Å². The van der Waals surface area contributed by atoms with E-state index in [-0.39, 0.29) is 31.8 Å². The SMILES string of the molecule is CC(C)C(NC(=O)c1ccccc1)C(=O)OCC(=O)N(CCC#N)CCC#N. The number of nitrogens with zero attached hydrogens (tertiary/aromatic N) is 3. The lowest BCUT2D eigenvalue weighted by atomic mass is 10.0. The Morgan fingerprint density at radius 1 is 1.07 bits per heavy atom. The molecule has 0 radical (unpaired) electrons. The third-order valence-corrected chi connectivity index (χ3v) is 3.92. The fourth-order valence-corrected chi connectivity index (χ4v) is 2.36. The smallest absolute Gasteiger partial charge is 0.329 e. The summed E-state index contributed by atoms with van der Waals surface area (Å²) >= 11 is 0. The minimum atomic E-state index is -0.910. The van der Waals surface area contributed by atoms with E-state index in [0.717, 1.165) is 0 Å². The Kier molecular flexibility index (Phi) is 9.77. The number of benzene rings is 1. The molecule has 1 aromatic rings. The second kappa shape index (κ2) is 12.1. The molecule has 0 fully saturated rings. The van der Waals surface area contributed by atoms with Gasteiger partial charge in [-0.25, -0.2) is 4.79 Å². The Morgan fingerprint density at radius 2 is 1.64 bits per heavy atom. The van der Waals surface area contributed by atoms with Crippen LogP contribution in [-0.2, 0) is 14.3 Å². The highest BCUT2D eigenvalue weighted by Crippen LogP contribution is 2.07. The number of amides is 2. The number of esters is 1. The maximum Gasteiger partial charge on any atom is 0.329 e. The van der Waals surface area contributed by atoms with Crippen molar-refractivity contribution in [3.8, 4) is 12.1 Å². The van der Waals surface area contributed by atoms with Crippen molar-refractivity contribution in [3.05, 3.63) is 35.9 Å². The zero-order valence-electron chi connectivity index (χ0n) is 16.1. The molecule has 1 atom stereocenters. The first-order valence-electron chi connectivity index (χ1n) is 8.95. The van der Waals surface area contributed by atoms with Gasteiger partial charge in [0, 0.05) is 18.7 Å². The first kappa shape index (κ1) is 22.7. The van der Waals surface area contributed by atoms with E-state index in [1.165, 1.54) is 4.90 Å². The van der Waals surface area contributed by atoms with Crippen LogP contribution in [0, 0.1) is 28.6 Å². The summed E-state index contributed by atoms with van der Waals surface area (Å²) in [6, 6.07) is 11.4. The Bertz CT molecular complexity index is 732. The van der Waals surface area contributed by atoms with E-state index < -0.39 is 30.4 Å².